The highest BCUT2D eigenvalue weighted by molar-refractivity contribution is 7.22. The highest BCUT2D eigenvalue weighted by Gasteiger charge is 2.08. The Labute approximate surface area is 138 Å². The molecule has 0 aliphatic heterocycles. The number of aromatic nitrogens is 1. The van der Waals surface area contributed by atoms with Crippen molar-refractivity contribution in [2.75, 3.05) is 5.32 Å². The minimum atomic E-state index is 0.00100. The molecule has 1 amide bonds. The number of carbonyl (C=O) groups excluding carboxylic acids is 1. The van der Waals surface area contributed by atoms with Crippen LogP contribution in [0.3, 0.4) is 0 Å². The molecule has 0 atom stereocenters. The number of nitrogens with zero attached hydrogens (tertiary/aromatic N) is 1. The Balaban J connectivity index is 1.54. The van der Waals surface area contributed by atoms with Gasteiger partial charge >= 0.3 is 0 Å². The van der Waals surface area contributed by atoms with Crippen molar-refractivity contribution in [3.63, 3.8) is 0 Å². The number of benzene rings is 2. The van der Waals surface area contributed by atoms with E-state index in [-0.39, 0.29) is 5.91 Å². The Kier molecular flexibility index (Phi) is 4.71. The number of nitrogens with one attached hydrogen (secondary N) is 1. The van der Waals surface area contributed by atoms with Crippen LogP contribution < -0.4 is 5.32 Å². The number of fused-ring (bicyclic) bond motifs is 1. The zero-order valence-corrected chi connectivity index (χ0v) is 13.5. The minimum absolute atomic E-state index is 0.00100. The molecule has 0 saturated heterocycles. The molecule has 0 unspecified atom stereocenters. The van der Waals surface area contributed by atoms with Gasteiger partial charge in [-0.25, -0.2) is 4.98 Å². The van der Waals surface area contributed by atoms with E-state index >= 15 is 0 Å². The molecule has 0 aliphatic rings. The molecule has 1 heterocycles. The van der Waals surface area contributed by atoms with Gasteiger partial charge in [0.05, 0.1) is 10.2 Å². The van der Waals surface area contributed by atoms with Gasteiger partial charge in [-0.3, -0.25) is 4.79 Å². The first kappa shape index (κ1) is 15.0. The Hall–Kier alpha value is -1.91. The summed E-state index contributed by atoms with van der Waals surface area (Å²) in [5.74, 6) is 0.00100. The van der Waals surface area contributed by atoms with E-state index in [1.54, 1.807) is 6.07 Å². The summed E-state index contributed by atoms with van der Waals surface area (Å²) >= 11 is 7.39. The number of halogens is 1. The SMILES string of the molecule is O=C(CCCc1ccccc1)Nc1nc2ccc(Cl)cc2s1. The van der Waals surface area contributed by atoms with Crippen LogP contribution in [0.1, 0.15) is 18.4 Å². The van der Waals surface area contributed by atoms with Crippen LogP contribution in [0.5, 0.6) is 0 Å². The van der Waals surface area contributed by atoms with Crippen molar-refractivity contribution in [3.8, 4) is 0 Å². The number of hydrogen-bond donors (Lipinski definition) is 1. The van der Waals surface area contributed by atoms with E-state index in [0.29, 0.717) is 16.6 Å². The van der Waals surface area contributed by atoms with E-state index in [1.165, 1.54) is 16.9 Å². The summed E-state index contributed by atoms with van der Waals surface area (Å²) in [6.07, 6.45) is 2.22. The standard InChI is InChI=1S/C17H15ClN2OS/c18-13-9-10-14-15(11-13)22-17(19-14)20-16(21)8-4-7-12-5-2-1-3-6-12/h1-3,5-6,9-11H,4,7-8H2,(H,19,20,21). The Morgan fingerprint density at radius 2 is 2.00 bits per heavy atom. The van der Waals surface area contributed by atoms with Crippen LogP contribution in [0.4, 0.5) is 5.13 Å². The third-order valence-corrected chi connectivity index (χ3v) is 4.48. The fourth-order valence-corrected chi connectivity index (χ4v) is 3.39. The number of amides is 1. The predicted molar refractivity (Wildman–Crippen MR) is 92.6 cm³/mol. The normalized spacial score (nSPS) is 10.8. The van der Waals surface area contributed by atoms with Gasteiger partial charge < -0.3 is 5.32 Å². The lowest BCUT2D eigenvalue weighted by Gasteiger charge is -2.02. The summed E-state index contributed by atoms with van der Waals surface area (Å²) in [5.41, 5.74) is 2.11. The van der Waals surface area contributed by atoms with Crippen molar-refractivity contribution < 1.29 is 4.79 Å². The van der Waals surface area contributed by atoms with Crippen molar-refractivity contribution >= 4 is 44.2 Å². The third kappa shape index (κ3) is 3.84. The fourth-order valence-electron chi connectivity index (χ4n) is 2.23. The number of hydrogen-bond acceptors (Lipinski definition) is 3. The fraction of sp³-hybridized carbons (Fsp3) is 0.176. The van der Waals surface area contributed by atoms with Gasteiger partial charge in [0, 0.05) is 11.4 Å². The Bertz CT molecular complexity index is 786. The van der Waals surface area contributed by atoms with Crippen LogP contribution in [0.15, 0.2) is 48.5 Å². The molecule has 0 radical (unpaired) electrons. The number of rotatable bonds is 5. The first-order valence-electron chi connectivity index (χ1n) is 7.10. The van der Waals surface area contributed by atoms with Gasteiger partial charge in [-0.05, 0) is 36.6 Å². The molecule has 1 N–H and O–H groups in total. The lowest BCUT2D eigenvalue weighted by molar-refractivity contribution is -0.116. The van der Waals surface area contributed by atoms with Gasteiger partial charge in [-0.1, -0.05) is 53.3 Å². The second-order valence-electron chi connectivity index (χ2n) is 5.02. The van der Waals surface area contributed by atoms with E-state index in [9.17, 15) is 4.79 Å². The molecule has 0 aliphatic carbocycles. The lowest BCUT2D eigenvalue weighted by atomic mass is 10.1. The van der Waals surface area contributed by atoms with E-state index < -0.39 is 0 Å². The number of thiazole rings is 1. The first-order chi connectivity index (χ1) is 10.7. The van der Waals surface area contributed by atoms with Gasteiger partial charge in [0.2, 0.25) is 5.91 Å². The molecule has 3 aromatic rings. The highest BCUT2D eigenvalue weighted by atomic mass is 35.5. The second-order valence-corrected chi connectivity index (χ2v) is 6.49. The molecule has 0 fully saturated rings. The lowest BCUT2D eigenvalue weighted by Crippen LogP contribution is -2.11. The maximum absolute atomic E-state index is 12.0. The quantitative estimate of drug-likeness (QED) is 0.722. The van der Waals surface area contributed by atoms with E-state index in [4.69, 9.17) is 11.6 Å². The summed E-state index contributed by atoms with van der Waals surface area (Å²) in [4.78, 5) is 16.4. The highest BCUT2D eigenvalue weighted by Crippen LogP contribution is 2.28. The predicted octanol–water partition coefficient (Wildman–Crippen LogP) is 4.91. The van der Waals surface area contributed by atoms with Crippen molar-refractivity contribution in [2.24, 2.45) is 0 Å². The second kappa shape index (κ2) is 6.90. The summed E-state index contributed by atoms with van der Waals surface area (Å²) in [5, 5.41) is 4.17. The largest absolute Gasteiger partial charge is 0.302 e. The smallest absolute Gasteiger partial charge is 0.226 e. The minimum Gasteiger partial charge on any atom is -0.302 e. The zero-order chi connectivity index (χ0) is 15.4. The van der Waals surface area contributed by atoms with E-state index in [1.807, 2.05) is 30.3 Å². The number of carbonyl (C=O) groups is 1. The summed E-state index contributed by atoms with van der Waals surface area (Å²) in [7, 11) is 0. The summed E-state index contributed by atoms with van der Waals surface area (Å²) in [6.45, 7) is 0. The van der Waals surface area contributed by atoms with Crippen LogP contribution in [-0.2, 0) is 11.2 Å². The topological polar surface area (TPSA) is 42.0 Å². The van der Waals surface area contributed by atoms with Gasteiger partial charge in [0.1, 0.15) is 0 Å². The summed E-state index contributed by atoms with van der Waals surface area (Å²) in [6, 6.07) is 15.7. The van der Waals surface area contributed by atoms with E-state index in [0.717, 1.165) is 23.1 Å². The monoisotopic (exact) mass is 330 g/mol. The van der Waals surface area contributed by atoms with Crippen molar-refractivity contribution in [2.45, 2.75) is 19.3 Å². The maximum atomic E-state index is 12.0. The van der Waals surface area contributed by atoms with E-state index in [2.05, 4.69) is 22.4 Å². The summed E-state index contributed by atoms with van der Waals surface area (Å²) < 4.78 is 0.979. The van der Waals surface area contributed by atoms with Gasteiger partial charge in [-0.2, -0.15) is 0 Å². The molecule has 3 rings (SSSR count). The molecule has 0 bridgehead atoms. The molecule has 22 heavy (non-hydrogen) atoms. The average molecular weight is 331 g/mol. The van der Waals surface area contributed by atoms with Crippen molar-refractivity contribution in [1.29, 1.82) is 0 Å². The maximum Gasteiger partial charge on any atom is 0.226 e. The number of anilines is 1. The van der Waals surface area contributed by atoms with Crippen LogP contribution >= 0.6 is 22.9 Å². The molecule has 1 aromatic heterocycles. The zero-order valence-electron chi connectivity index (χ0n) is 11.9. The molecule has 2 aromatic carbocycles. The number of aryl methyl sites for hydroxylation is 1. The van der Waals surface area contributed by atoms with Crippen LogP contribution in [-0.4, -0.2) is 10.9 Å². The Morgan fingerprint density at radius 1 is 1.18 bits per heavy atom. The van der Waals surface area contributed by atoms with Crippen LogP contribution in [0.2, 0.25) is 5.02 Å². The molecular formula is C17H15ClN2OS. The van der Waals surface area contributed by atoms with Crippen LogP contribution in [0, 0.1) is 0 Å². The first-order valence-corrected chi connectivity index (χ1v) is 8.30. The van der Waals surface area contributed by atoms with Gasteiger partial charge in [-0.15, -0.1) is 0 Å². The van der Waals surface area contributed by atoms with Gasteiger partial charge in [0.15, 0.2) is 5.13 Å². The average Bonchev–Trinajstić information content (AvgIpc) is 2.89. The molecular weight excluding hydrogens is 316 g/mol. The van der Waals surface area contributed by atoms with Gasteiger partial charge in [0.25, 0.3) is 0 Å². The van der Waals surface area contributed by atoms with Crippen LogP contribution in [0.25, 0.3) is 10.2 Å². The molecule has 5 heteroatoms. The van der Waals surface area contributed by atoms with Crippen molar-refractivity contribution in [1.82, 2.24) is 4.98 Å². The Morgan fingerprint density at radius 3 is 2.82 bits per heavy atom. The third-order valence-electron chi connectivity index (χ3n) is 3.31. The molecule has 112 valence electrons. The molecule has 3 nitrogen and oxygen atoms in total. The molecule has 0 spiro atoms. The molecule has 0 saturated carbocycles. The van der Waals surface area contributed by atoms with Crippen molar-refractivity contribution in [3.05, 3.63) is 59.1 Å².